The lowest BCUT2D eigenvalue weighted by Gasteiger charge is -2.61. The Morgan fingerprint density at radius 3 is 2.14 bits per heavy atom. The van der Waals surface area contributed by atoms with Crippen molar-refractivity contribution in [3.63, 3.8) is 0 Å². The van der Waals surface area contributed by atoms with Crippen molar-refractivity contribution in [3.8, 4) is 0 Å². The molecule has 4 aliphatic carbocycles. The molecule has 0 nitrogen and oxygen atoms in total. The van der Waals surface area contributed by atoms with E-state index in [4.69, 9.17) is 0 Å². The minimum atomic E-state index is 0.471. The monoisotopic (exact) mass is 515 g/mol. The summed E-state index contributed by atoms with van der Waals surface area (Å²) in [4.78, 5) is 0. The van der Waals surface area contributed by atoms with Crippen molar-refractivity contribution >= 4 is 0 Å². The Morgan fingerprint density at radius 2 is 1.54 bits per heavy atom. The first-order valence-electron chi connectivity index (χ1n) is 17.1. The maximum absolute atomic E-state index is 4.36. The summed E-state index contributed by atoms with van der Waals surface area (Å²) in [7, 11) is 0. The summed E-state index contributed by atoms with van der Waals surface area (Å²) < 4.78 is 0. The van der Waals surface area contributed by atoms with Crippen LogP contribution < -0.4 is 0 Å². The number of allylic oxidation sites excluding steroid dienone is 3. The summed E-state index contributed by atoms with van der Waals surface area (Å²) in [6, 6.07) is 0. The normalized spacial score (nSPS) is 36.7. The van der Waals surface area contributed by atoms with Gasteiger partial charge in [0.1, 0.15) is 0 Å². The van der Waals surface area contributed by atoms with Crippen molar-refractivity contribution < 1.29 is 0 Å². The molecule has 3 saturated carbocycles. The number of fused-ring (bicyclic) bond motifs is 5. The fourth-order valence-electron chi connectivity index (χ4n) is 9.48. The molecule has 0 bridgehead atoms. The van der Waals surface area contributed by atoms with Gasteiger partial charge in [-0.3, -0.25) is 0 Å². The van der Waals surface area contributed by atoms with E-state index < -0.39 is 0 Å². The van der Waals surface area contributed by atoms with Crippen molar-refractivity contribution in [1.29, 1.82) is 0 Å². The lowest BCUT2D eigenvalue weighted by Crippen LogP contribution is -2.53. The van der Waals surface area contributed by atoms with Crippen molar-refractivity contribution in [2.75, 3.05) is 0 Å². The van der Waals surface area contributed by atoms with E-state index in [1.165, 1.54) is 82.6 Å². The molecule has 0 saturated heterocycles. The van der Waals surface area contributed by atoms with E-state index in [9.17, 15) is 0 Å². The predicted octanol–water partition coefficient (Wildman–Crippen LogP) is 12.7. The van der Waals surface area contributed by atoms with E-state index in [1.54, 1.807) is 5.57 Å². The van der Waals surface area contributed by atoms with Gasteiger partial charge in [-0.2, -0.15) is 0 Å². The van der Waals surface area contributed by atoms with E-state index in [2.05, 4.69) is 54.2 Å². The summed E-state index contributed by atoms with van der Waals surface area (Å²) in [6.07, 6.45) is 19.7. The van der Waals surface area contributed by atoms with Crippen LogP contribution in [0.25, 0.3) is 0 Å². The number of hydrogen-bond donors (Lipinski definition) is 0. The minimum absolute atomic E-state index is 0.471. The van der Waals surface area contributed by atoms with Crippen LogP contribution in [-0.4, -0.2) is 0 Å². The topological polar surface area (TPSA) is 0 Å². The molecule has 4 rings (SSSR count). The van der Waals surface area contributed by atoms with Crippen LogP contribution in [0.2, 0.25) is 0 Å². The molecule has 0 heterocycles. The molecule has 0 aromatic carbocycles. The highest BCUT2D eigenvalue weighted by Gasteiger charge is 2.61. The summed E-state index contributed by atoms with van der Waals surface area (Å²) in [6.45, 7) is 31.6. The van der Waals surface area contributed by atoms with Crippen molar-refractivity contribution in [3.05, 3.63) is 23.8 Å². The molecule has 0 N–H and O–H groups in total. The van der Waals surface area contributed by atoms with Crippen molar-refractivity contribution in [2.45, 2.75) is 160 Å². The molecule has 8 atom stereocenters. The molecule has 0 spiro atoms. The van der Waals surface area contributed by atoms with Crippen molar-refractivity contribution in [2.24, 2.45) is 52.3 Å². The first-order valence-corrected chi connectivity index (χ1v) is 17.1. The highest BCUT2D eigenvalue weighted by Crippen LogP contribution is 2.69. The van der Waals surface area contributed by atoms with Gasteiger partial charge in [-0.1, -0.05) is 139 Å². The largest absolute Gasteiger partial charge is 0.0958 e. The molecule has 0 aromatic rings. The van der Waals surface area contributed by atoms with Gasteiger partial charge < -0.3 is 0 Å². The van der Waals surface area contributed by atoms with E-state index in [1.807, 2.05) is 41.5 Å². The average Bonchev–Trinajstić information content (AvgIpc) is 3.25. The second-order valence-electron chi connectivity index (χ2n) is 13.3. The number of rotatable bonds is 7. The lowest BCUT2D eigenvalue weighted by molar-refractivity contribution is -0.0852. The van der Waals surface area contributed by atoms with Gasteiger partial charge in [0, 0.05) is 0 Å². The molecule has 0 aromatic heterocycles. The van der Waals surface area contributed by atoms with Gasteiger partial charge >= 0.3 is 0 Å². The molecule has 0 heteroatoms. The van der Waals surface area contributed by atoms with Gasteiger partial charge in [0.05, 0.1) is 0 Å². The molecule has 4 aliphatic rings. The van der Waals surface area contributed by atoms with Gasteiger partial charge in [0.15, 0.2) is 0 Å². The molecule has 8 unspecified atom stereocenters. The van der Waals surface area contributed by atoms with Crippen LogP contribution in [0, 0.1) is 52.3 Å². The molecule has 218 valence electrons. The van der Waals surface area contributed by atoms with Gasteiger partial charge in [-0.15, -0.1) is 0 Å². The summed E-state index contributed by atoms with van der Waals surface area (Å²) >= 11 is 0. The summed E-state index contributed by atoms with van der Waals surface area (Å²) in [5, 5.41) is 0. The molecular weight excluding hydrogens is 444 g/mol. The quantitative estimate of drug-likeness (QED) is 0.317. The van der Waals surface area contributed by atoms with Crippen LogP contribution >= 0.6 is 0 Å². The Bertz CT molecular complexity index is 682. The molecule has 37 heavy (non-hydrogen) atoms. The van der Waals surface area contributed by atoms with Crippen LogP contribution in [0.1, 0.15) is 160 Å². The first kappa shape index (κ1) is 34.5. The third-order valence-electron chi connectivity index (χ3n) is 11.1. The zero-order chi connectivity index (χ0) is 28.4. The van der Waals surface area contributed by atoms with Crippen LogP contribution in [0.4, 0.5) is 0 Å². The van der Waals surface area contributed by atoms with E-state index in [0.29, 0.717) is 10.8 Å². The van der Waals surface area contributed by atoms with Crippen LogP contribution in [-0.2, 0) is 0 Å². The number of hydrogen-bond acceptors (Lipinski definition) is 0. The lowest BCUT2D eigenvalue weighted by atomic mass is 9.43. The fraction of sp³-hybridized carbons (Fsp3) is 0.892. The Morgan fingerprint density at radius 1 is 0.892 bits per heavy atom. The first-order chi connectivity index (χ1) is 17.7. The molecule has 0 radical (unpaired) electrons. The van der Waals surface area contributed by atoms with Gasteiger partial charge in [-0.05, 0) is 97.2 Å². The van der Waals surface area contributed by atoms with Gasteiger partial charge in [-0.25, -0.2) is 0 Å². The Balaban J connectivity index is 0.00000106. The fourth-order valence-corrected chi connectivity index (χ4v) is 9.48. The minimum Gasteiger partial charge on any atom is -0.0958 e. The maximum Gasteiger partial charge on any atom is -0.00788 e. The van der Waals surface area contributed by atoms with Gasteiger partial charge in [0.25, 0.3) is 0 Å². The SMILES string of the molecule is C=C1C=C2CC(CCC)C3C(CCC4(C)C(C(C)CCCC(C)C)CCC34)C2(C)CC1.CC.CC.CC. The Hall–Kier alpha value is -0.520. The van der Waals surface area contributed by atoms with Crippen LogP contribution in [0.15, 0.2) is 23.8 Å². The van der Waals surface area contributed by atoms with E-state index in [0.717, 1.165) is 41.4 Å². The highest BCUT2D eigenvalue weighted by molar-refractivity contribution is 5.34. The highest BCUT2D eigenvalue weighted by atomic mass is 14.7. The summed E-state index contributed by atoms with van der Waals surface area (Å²) in [5.41, 5.74) is 4.28. The van der Waals surface area contributed by atoms with E-state index in [-0.39, 0.29) is 0 Å². The standard InChI is InChI=1S/C31H52.3C2H6/c1-8-10-24-20-25-19-22(4)15-17-30(25,6)28-16-18-31(7)26(13-14-27(31)29(24)28)23(5)12-9-11-21(2)3;3*1-2/h19,21,23-24,26-29H,4,8-18,20H2,1-3,5-7H3;3*1-2H3. The Labute approximate surface area is 235 Å². The third-order valence-corrected chi connectivity index (χ3v) is 11.1. The van der Waals surface area contributed by atoms with Gasteiger partial charge in [0.2, 0.25) is 0 Å². The maximum atomic E-state index is 4.36. The zero-order valence-electron chi connectivity index (χ0n) is 27.8. The molecular formula is C37H70. The van der Waals surface area contributed by atoms with Crippen LogP contribution in [0.5, 0.6) is 0 Å². The van der Waals surface area contributed by atoms with Crippen molar-refractivity contribution in [1.82, 2.24) is 0 Å². The molecule has 3 fully saturated rings. The molecule has 0 amide bonds. The zero-order valence-corrected chi connectivity index (χ0v) is 27.8. The third kappa shape index (κ3) is 7.37. The summed E-state index contributed by atoms with van der Waals surface area (Å²) in [5.74, 6) is 6.60. The Kier molecular flexibility index (Phi) is 14.8. The average molecular weight is 515 g/mol. The van der Waals surface area contributed by atoms with Crippen LogP contribution in [0.3, 0.4) is 0 Å². The second kappa shape index (κ2) is 15.9. The van der Waals surface area contributed by atoms with E-state index >= 15 is 0 Å². The molecule has 0 aliphatic heterocycles. The second-order valence-corrected chi connectivity index (χ2v) is 13.3. The predicted molar refractivity (Wildman–Crippen MR) is 170 cm³/mol. The smallest absolute Gasteiger partial charge is 0.00788 e.